The molecule has 0 bridgehead atoms. The molecular formula is C17H14N2O2S2. The van der Waals surface area contributed by atoms with Crippen molar-refractivity contribution < 1.29 is 9.90 Å². The fraction of sp³-hybridized carbons (Fsp3) is 0.176. The zero-order valence-corrected chi connectivity index (χ0v) is 14.3. The van der Waals surface area contributed by atoms with Crippen molar-refractivity contribution >= 4 is 59.9 Å². The van der Waals surface area contributed by atoms with E-state index in [9.17, 15) is 4.79 Å². The molecule has 0 atom stereocenters. The predicted octanol–water partition coefficient (Wildman–Crippen LogP) is 4.56. The topological polar surface area (TPSA) is 64.3 Å². The lowest BCUT2D eigenvalue weighted by Crippen LogP contribution is -2.13. The lowest BCUT2D eigenvalue weighted by Gasteiger charge is -2.12. The molecule has 0 saturated heterocycles. The minimum Gasteiger partial charge on any atom is -0.477 e. The number of carboxylic acid groups (broad SMARTS) is 1. The fourth-order valence-electron chi connectivity index (χ4n) is 2.28. The van der Waals surface area contributed by atoms with Gasteiger partial charge in [0.25, 0.3) is 0 Å². The first-order valence-corrected chi connectivity index (χ1v) is 8.68. The molecule has 0 radical (unpaired) electrons. The molecule has 2 heterocycles. The third-order valence-electron chi connectivity index (χ3n) is 3.65. The van der Waals surface area contributed by atoms with Crippen LogP contribution in [0.25, 0.3) is 26.2 Å². The first kappa shape index (κ1) is 15.5. The van der Waals surface area contributed by atoms with Gasteiger partial charge in [-0.1, -0.05) is 0 Å². The number of thiophene rings is 2. The molecule has 0 aliphatic heterocycles. The van der Waals surface area contributed by atoms with Crippen LogP contribution in [-0.2, 0) is 4.79 Å². The number of hydrogen-bond acceptors (Lipinski definition) is 5. The molecule has 23 heavy (non-hydrogen) atoms. The molecule has 3 rings (SSSR count). The standard InChI is InChI=1S/C17H14N2O2S2/c1-3-19(2)16-7-11-4-10-5-13(6-12(9-18)17(20)21)22-14(10)8-15(11)23-16/h4-8H,3H2,1-2H3,(H,20,21)/b12-6+. The maximum absolute atomic E-state index is 10.9. The van der Waals surface area contributed by atoms with Gasteiger partial charge in [0, 0.05) is 27.9 Å². The molecule has 1 N–H and O–H groups in total. The molecular weight excluding hydrogens is 328 g/mol. The number of fused-ring (bicyclic) bond motifs is 2. The molecule has 116 valence electrons. The van der Waals surface area contributed by atoms with Gasteiger partial charge in [0.1, 0.15) is 11.6 Å². The summed E-state index contributed by atoms with van der Waals surface area (Å²) in [5.74, 6) is -1.20. The van der Waals surface area contributed by atoms with Gasteiger partial charge in [-0.2, -0.15) is 5.26 Å². The van der Waals surface area contributed by atoms with Gasteiger partial charge in [-0.25, -0.2) is 4.79 Å². The Morgan fingerprint density at radius 1 is 1.26 bits per heavy atom. The van der Waals surface area contributed by atoms with Crippen LogP contribution in [0, 0.1) is 11.3 Å². The van der Waals surface area contributed by atoms with Gasteiger partial charge in [-0.05, 0) is 48.0 Å². The summed E-state index contributed by atoms with van der Waals surface area (Å²) in [6.07, 6.45) is 1.43. The van der Waals surface area contributed by atoms with Crippen LogP contribution in [0.15, 0.2) is 29.8 Å². The zero-order chi connectivity index (χ0) is 16.6. The van der Waals surface area contributed by atoms with Gasteiger partial charge in [0.15, 0.2) is 0 Å². The van der Waals surface area contributed by atoms with Crippen molar-refractivity contribution in [1.29, 1.82) is 5.26 Å². The number of benzene rings is 1. The Balaban J connectivity index is 2.08. The molecule has 0 aliphatic carbocycles. The number of carbonyl (C=O) groups is 1. The molecule has 0 amide bonds. The second kappa shape index (κ2) is 6.03. The number of nitrogens with zero attached hydrogens (tertiary/aromatic N) is 2. The van der Waals surface area contributed by atoms with Gasteiger partial charge >= 0.3 is 5.97 Å². The van der Waals surface area contributed by atoms with Crippen molar-refractivity contribution in [1.82, 2.24) is 0 Å². The molecule has 0 saturated carbocycles. The molecule has 0 spiro atoms. The average Bonchev–Trinajstić information content (AvgIpc) is 3.11. The number of aliphatic carboxylic acids is 1. The van der Waals surface area contributed by atoms with Crippen LogP contribution in [0.4, 0.5) is 5.00 Å². The predicted molar refractivity (Wildman–Crippen MR) is 97.4 cm³/mol. The molecule has 1 aromatic carbocycles. The summed E-state index contributed by atoms with van der Waals surface area (Å²) in [5.41, 5.74) is -0.245. The number of carboxylic acids is 1. The van der Waals surface area contributed by atoms with E-state index in [1.54, 1.807) is 17.4 Å². The smallest absolute Gasteiger partial charge is 0.346 e. The highest BCUT2D eigenvalue weighted by Gasteiger charge is 2.10. The maximum Gasteiger partial charge on any atom is 0.346 e. The van der Waals surface area contributed by atoms with Crippen LogP contribution in [0.3, 0.4) is 0 Å². The second-order valence-corrected chi connectivity index (χ2v) is 7.33. The molecule has 0 aliphatic rings. The van der Waals surface area contributed by atoms with Gasteiger partial charge in [-0.3, -0.25) is 0 Å². The Labute approximate surface area is 141 Å². The summed E-state index contributed by atoms with van der Waals surface area (Å²) >= 11 is 3.25. The summed E-state index contributed by atoms with van der Waals surface area (Å²) in [7, 11) is 2.07. The van der Waals surface area contributed by atoms with Gasteiger partial charge < -0.3 is 10.0 Å². The Morgan fingerprint density at radius 3 is 2.61 bits per heavy atom. The largest absolute Gasteiger partial charge is 0.477 e. The molecule has 3 aromatic rings. The zero-order valence-electron chi connectivity index (χ0n) is 12.7. The molecule has 0 fully saturated rings. The Bertz CT molecular complexity index is 925. The normalized spacial score (nSPS) is 11.8. The Hall–Kier alpha value is -2.36. The van der Waals surface area contributed by atoms with Crippen LogP contribution in [0.5, 0.6) is 0 Å². The van der Waals surface area contributed by atoms with E-state index in [0.717, 1.165) is 21.5 Å². The van der Waals surface area contributed by atoms with Gasteiger partial charge in [0.05, 0.1) is 5.00 Å². The highest BCUT2D eigenvalue weighted by molar-refractivity contribution is 7.24. The summed E-state index contributed by atoms with van der Waals surface area (Å²) in [6, 6.07) is 10.1. The van der Waals surface area contributed by atoms with Crippen LogP contribution in [0.1, 0.15) is 11.8 Å². The van der Waals surface area contributed by atoms with Crippen LogP contribution >= 0.6 is 22.7 Å². The molecule has 4 nitrogen and oxygen atoms in total. The highest BCUT2D eigenvalue weighted by atomic mass is 32.1. The number of rotatable bonds is 4. The maximum atomic E-state index is 10.9. The lowest BCUT2D eigenvalue weighted by atomic mass is 10.2. The molecule has 2 aromatic heterocycles. The quantitative estimate of drug-likeness (QED) is 0.557. The van der Waals surface area contributed by atoms with Crippen molar-refractivity contribution in [3.63, 3.8) is 0 Å². The van der Waals surface area contributed by atoms with Crippen molar-refractivity contribution in [2.24, 2.45) is 0 Å². The average molecular weight is 342 g/mol. The van der Waals surface area contributed by atoms with Crippen LogP contribution in [0.2, 0.25) is 0 Å². The van der Waals surface area contributed by atoms with E-state index < -0.39 is 5.97 Å². The number of anilines is 1. The Morgan fingerprint density at radius 2 is 1.96 bits per heavy atom. The van der Waals surface area contributed by atoms with Crippen LogP contribution < -0.4 is 4.90 Å². The lowest BCUT2D eigenvalue weighted by molar-refractivity contribution is -0.132. The first-order chi connectivity index (χ1) is 11.0. The van der Waals surface area contributed by atoms with E-state index in [1.807, 2.05) is 6.07 Å². The monoisotopic (exact) mass is 342 g/mol. The number of nitriles is 1. The van der Waals surface area contributed by atoms with Crippen molar-refractivity contribution in [2.75, 3.05) is 18.5 Å². The summed E-state index contributed by atoms with van der Waals surface area (Å²) in [6.45, 7) is 3.08. The highest BCUT2D eigenvalue weighted by Crippen LogP contribution is 2.37. The minimum absolute atomic E-state index is 0.245. The van der Waals surface area contributed by atoms with E-state index in [0.29, 0.717) is 0 Å². The second-order valence-electron chi connectivity index (χ2n) is 5.15. The van der Waals surface area contributed by atoms with Crippen LogP contribution in [-0.4, -0.2) is 24.7 Å². The van der Waals surface area contributed by atoms with Crippen molar-refractivity contribution in [2.45, 2.75) is 6.92 Å². The third-order valence-corrected chi connectivity index (χ3v) is 5.91. The van der Waals surface area contributed by atoms with E-state index in [2.05, 4.69) is 37.1 Å². The van der Waals surface area contributed by atoms with E-state index >= 15 is 0 Å². The third kappa shape index (κ3) is 2.93. The van der Waals surface area contributed by atoms with Gasteiger partial charge in [0.2, 0.25) is 0 Å². The van der Waals surface area contributed by atoms with Gasteiger partial charge in [-0.15, -0.1) is 22.7 Å². The minimum atomic E-state index is -1.20. The summed E-state index contributed by atoms with van der Waals surface area (Å²) in [5, 5.41) is 21.3. The Kier molecular flexibility index (Phi) is 4.07. The molecule has 0 unspecified atom stereocenters. The fourth-order valence-corrected chi connectivity index (χ4v) is 4.49. The van der Waals surface area contributed by atoms with E-state index in [-0.39, 0.29) is 5.57 Å². The SMILES string of the molecule is CCN(C)c1cc2cc3cc(/C=C(\C#N)C(=O)O)sc3cc2s1. The summed E-state index contributed by atoms with van der Waals surface area (Å²) < 4.78 is 2.31. The number of hydrogen-bond donors (Lipinski definition) is 1. The van der Waals surface area contributed by atoms with Crippen molar-refractivity contribution in [3.05, 3.63) is 34.7 Å². The summed E-state index contributed by atoms with van der Waals surface area (Å²) in [4.78, 5) is 13.9. The first-order valence-electron chi connectivity index (χ1n) is 7.05. The van der Waals surface area contributed by atoms with E-state index in [1.165, 1.54) is 32.5 Å². The van der Waals surface area contributed by atoms with E-state index in [4.69, 9.17) is 10.4 Å². The van der Waals surface area contributed by atoms with Crippen molar-refractivity contribution in [3.8, 4) is 6.07 Å². The molecule has 6 heteroatoms.